The molecule has 0 N–H and O–H groups in total. The van der Waals surface area contributed by atoms with Crippen molar-refractivity contribution in [1.29, 1.82) is 0 Å². The number of ether oxygens (including phenoxy) is 2. The first-order valence-corrected chi connectivity index (χ1v) is 7.64. The summed E-state index contributed by atoms with van der Waals surface area (Å²) < 4.78 is 10.3. The second-order valence-electron chi connectivity index (χ2n) is 6.53. The highest BCUT2D eigenvalue weighted by Crippen LogP contribution is 2.87. The van der Waals surface area contributed by atoms with Crippen LogP contribution in [0.15, 0.2) is 0 Å². The number of nitrogens with zero attached hydrogens (tertiary/aromatic N) is 2. The lowest BCUT2D eigenvalue weighted by atomic mass is 9.16. The van der Waals surface area contributed by atoms with Gasteiger partial charge in [0.15, 0.2) is 0 Å². The molecule has 6 aliphatic rings. The van der Waals surface area contributed by atoms with Gasteiger partial charge in [-0.1, -0.05) is 0 Å². The van der Waals surface area contributed by atoms with Gasteiger partial charge in [0.2, 0.25) is 0 Å². The molecule has 2 bridgehead atoms. The molecular formula is C14H18N2O4. The van der Waals surface area contributed by atoms with Gasteiger partial charge in [0.25, 0.3) is 0 Å². The van der Waals surface area contributed by atoms with E-state index < -0.39 is 0 Å². The zero-order valence-electron chi connectivity index (χ0n) is 11.6. The lowest BCUT2D eigenvalue weighted by Gasteiger charge is -2.94. The summed E-state index contributed by atoms with van der Waals surface area (Å²) in [4.78, 5) is 24.5. The number of amides is 2. The molecule has 8 atom stereocenters. The van der Waals surface area contributed by atoms with Crippen LogP contribution >= 0.6 is 0 Å². The van der Waals surface area contributed by atoms with Gasteiger partial charge in [-0.2, -0.15) is 0 Å². The van der Waals surface area contributed by atoms with Crippen molar-refractivity contribution in [2.75, 3.05) is 13.2 Å². The number of hydrogen-bond donors (Lipinski definition) is 0. The van der Waals surface area contributed by atoms with E-state index in [1.165, 1.54) is 0 Å². The lowest BCUT2D eigenvalue weighted by molar-refractivity contribution is -0.482. The van der Waals surface area contributed by atoms with Crippen LogP contribution in [-0.2, 0) is 9.47 Å². The predicted octanol–water partition coefficient (Wildman–Crippen LogP) is 1.32. The number of hydrazine groups is 1. The summed E-state index contributed by atoms with van der Waals surface area (Å²) in [6.07, 6.45) is -0.775. The fourth-order valence-electron chi connectivity index (χ4n) is 6.06. The minimum absolute atomic E-state index is 0.188. The fourth-order valence-corrected chi connectivity index (χ4v) is 6.06. The van der Waals surface area contributed by atoms with E-state index in [-0.39, 0.29) is 24.3 Å². The molecule has 0 spiro atoms. The summed E-state index contributed by atoms with van der Waals surface area (Å²) in [5.74, 6) is 4.16. The highest BCUT2D eigenvalue weighted by molar-refractivity contribution is 5.77. The van der Waals surface area contributed by atoms with Crippen LogP contribution in [0.4, 0.5) is 9.59 Å². The number of carbonyl (C=O) groups is 2. The van der Waals surface area contributed by atoms with Crippen LogP contribution in [0.1, 0.15) is 13.8 Å². The van der Waals surface area contributed by atoms with Gasteiger partial charge in [-0.25, -0.2) is 19.6 Å². The molecule has 6 fully saturated rings. The zero-order chi connectivity index (χ0) is 13.8. The number of fused-ring (bicyclic) bond motifs is 1. The third-order valence-electron chi connectivity index (χ3n) is 6.40. The van der Waals surface area contributed by atoms with Crippen LogP contribution in [0, 0.1) is 35.5 Å². The van der Waals surface area contributed by atoms with E-state index in [1.807, 2.05) is 0 Å². The Hall–Kier alpha value is -1.46. The Morgan fingerprint density at radius 2 is 1.10 bits per heavy atom. The number of hydrogen-bond acceptors (Lipinski definition) is 4. The van der Waals surface area contributed by atoms with Crippen molar-refractivity contribution in [3.63, 3.8) is 0 Å². The van der Waals surface area contributed by atoms with Gasteiger partial charge in [0, 0.05) is 0 Å². The Labute approximate surface area is 116 Å². The average Bonchev–Trinajstić information content (AvgIpc) is 2.38. The summed E-state index contributed by atoms with van der Waals surface area (Å²) in [5.41, 5.74) is 0. The third kappa shape index (κ3) is 0.850. The molecule has 2 heterocycles. The van der Waals surface area contributed by atoms with Crippen LogP contribution < -0.4 is 0 Å². The van der Waals surface area contributed by atoms with Gasteiger partial charge in [0.1, 0.15) is 0 Å². The second kappa shape index (κ2) is 3.23. The van der Waals surface area contributed by atoms with Crippen LogP contribution in [-0.4, -0.2) is 47.5 Å². The number of rotatable bonds is 2. The molecule has 2 amide bonds. The van der Waals surface area contributed by atoms with Crippen molar-refractivity contribution in [1.82, 2.24) is 10.0 Å². The van der Waals surface area contributed by atoms with Gasteiger partial charge < -0.3 is 9.47 Å². The lowest BCUT2D eigenvalue weighted by Crippen LogP contribution is -3.00. The molecule has 108 valence electrons. The van der Waals surface area contributed by atoms with E-state index >= 15 is 0 Å². The van der Waals surface area contributed by atoms with Crippen molar-refractivity contribution in [3.05, 3.63) is 0 Å². The molecular weight excluding hydrogens is 260 g/mol. The number of carbonyl (C=O) groups excluding carboxylic acids is 2. The minimum atomic E-state index is -0.388. The first-order valence-electron chi connectivity index (χ1n) is 7.64. The molecule has 6 rings (SSSR count). The van der Waals surface area contributed by atoms with E-state index in [1.54, 1.807) is 23.9 Å². The average molecular weight is 278 g/mol. The minimum Gasteiger partial charge on any atom is -0.448 e. The van der Waals surface area contributed by atoms with E-state index in [0.717, 1.165) is 11.8 Å². The molecule has 6 heteroatoms. The zero-order valence-corrected chi connectivity index (χ0v) is 11.6. The van der Waals surface area contributed by atoms with Gasteiger partial charge in [-0.15, -0.1) is 0 Å². The monoisotopic (exact) mass is 278 g/mol. The smallest absolute Gasteiger partial charge is 0.429 e. The Morgan fingerprint density at radius 3 is 1.40 bits per heavy atom. The Kier molecular flexibility index (Phi) is 1.81. The van der Waals surface area contributed by atoms with Crippen molar-refractivity contribution < 1.29 is 19.1 Å². The molecule has 2 aliphatic heterocycles. The van der Waals surface area contributed by atoms with Crippen LogP contribution in [0.5, 0.6) is 0 Å². The summed E-state index contributed by atoms with van der Waals surface area (Å²) in [6.45, 7) is 4.24. The molecule has 4 aliphatic carbocycles. The van der Waals surface area contributed by atoms with Crippen molar-refractivity contribution in [2.45, 2.75) is 25.9 Å². The van der Waals surface area contributed by atoms with E-state index in [2.05, 4.69) is 0 Å². The van der Waals surface area contributed by atoms with E-state index in [4.69, 9.17) is 9.47 Å². The molecule has 0 aromatic carbocycles. The Balaban J connectivity index is 1.48. The van der Waals surface area contributed by atoms with Crippen LogP contribution in [0.25, 0.3) is 0 Å². The Morgan fingerprint density at radius 1 is 0.750 bits per heavy atom. The summed E-state index contributed by atoms with van der Waals surface area (Å²) >= 11 is 0. The van der Waals surface area contributed by atoms with Gasteiger partial charge in [-0.3, -0.25) is 0 Å². The molecule has 4 unspecified atom stereocenters. The molecule has 20 heavy (non-hydrogen) atoms. The largest absolute Gasteiger partial charge is 0.448 e. The quantitative estimate of drug-likeness (QED) is 0.764. The summed E-state index contributed by atoms with van der Waals surface area (Å²) in [6, 6.07) is 0.377. The van der Waals surface area contributed by atoms with Crippen LogP contribution in [0.2, 0.25) is 0 Å². The van der Waals surface area contributed by atoms with Gasteiger partial charge >= 0.3 is 12.2 Å². The van der Waals surface area contributed by atoms with E-state index in [0.29, 0.717) is 36.9 Å². The topological polar surface area (TPSA) is 59.1 Å². The molecule has 0 aromatic rings. The summed E-state index contributed by atoms with van der Waals surface area (Å²) in [7, 11) is 0. The first-order chi connectivity index (χ1) is 9.72. The maximum atomic E-state index is 12.3. The van der Waals surface area contributed by atoms with Crippen molar-refractivity contribution in [2.24, 2.45) is 35.5 Å². The standard InChI is InChI=1S/C14H18N2O4/c1-3-19-13(17)15-11-7-5-6-9(7)12(10(6)8(5)11)16(15)14(18)20-4-2/h5-12H,3-4H2,1-2H3/t5?,6?,7-,8-,9-,10+,11?,12?/m0/s1. The SMILES string of the molecule is CCOC(=O)N1C2[C@H]3C4C5[C@@H]3C([C@H]5[C@H]42)N1C(=O)OCC. The summed E-state index contributed by atoms with van der Waals surface area (Å²) in [5, 5.41) is 3.17. The van der Waals surface area contributed by atoms with Crippen LogP contribution in [0.3, 0.4) is 0 Å². The predicted molar refractivity (Wildman–Crippen MR) is 66.2 cm³/mol. The molecule has 4 saturated carbocycles. The van der Waals surface area contributed by atoms with Gasteiger partial charge in [-0.05, 0) is 49.4 Å². The Bertz CT molecular complexity index is 457. The van der Waals surface area contributed by atoms with Gasteiger partial charge in [0.05, 0.1) is 25.3 Å². The highest BCUT2D eigenvalue weighted by atomic mass is 16.6. The molecule has 0 radical (unpaired) electrons. The molecule has 2 saturated heterocycles. The maximum absolute atomic E-state index is 12.3. The second-order valence-corrected chi connectivity index (χ2v) is 6.53. The first kappa shape index (κ1) is 11.2. The maximum Gasteiger partial charge on any atom is 0.429 e. The highest BCUT2D eigenvalue weighted by Gasteiger charge is 2.92. The van der Waals surface area contributed by atoms with E-state index in [9.17, 15) is 9.59 Å². The van der Waals surface area contributed by atoms with Crippen molar-refractivity contribution >= 4 is 12.2 Å². The third-order valence-corrected chi connectivity index (χ3v) is 6.40. The van der Waals surface area contributed by atoms with Crippen molar-refractivity contribution in [3.8, 4) is 0 Å². The fraction of sp³-hybridized carbons (Fsp3) is 0.857. The molecule has 6 nitrogen and oxygen atoms in total. The molecule has 0 aromatic heterocycles. The normalized spacial score (nSPS) is 51.1.